The van der Waals surface area contributed by atoms with E-state index in [0.717, 1.165) is 30.5 Å². The van der Waals surface area contributed by atoms with Gasteiger partial charge in [0.1, 0.15) is 0 Å². The SMILES string of the molecule is CCCCN(C)S(=O)(=O)c1cccc(C(=O)N2CCc3ccccc32)c1. The minimum atomic E-state index is -3.59. The van der Waals surface area contributed by atoms with Gasteiger partial charge in [-0.05, 0) is 42.7 Å². The Hall–Kier alpha value is -2.18. The van der Waals surface area contributed by atoms with E-state index in [4.69, 9.17) is 0 Å². The summed E-state index contributed by atoms with van der Waals surface area (Å²) in [7, 11) is -2.01. The first-order chi connectivity index (χ1) is 12.4. The molecule has 0 atom stereocenters. The van der Waals surface area contributed by atoms with Crippen molar-refractivity contribution >= 4 is 21.6 Å². The number of rotatable bonds is 6. The van der Waals surface area contributed by atoms with Crippen molar-refractivity contribution in [3.63, 3.8) is 0 Å². The fourth-order valence-electron chi connectivity index (χ4n) is 3.18. The third kappa shape index (κ3) is 3.52. The van der Waals surface area contributed by atoms with E-state index in [2.05, 4.69) is 0 Å². The van der Waals surface area contributed by atoms with Crippen molar-refractivity contribution in [2.45, 2.75) is 31.1 Å². The van der Waals surface area contributed by atoms with Crippen LogP contribution in [0.5, 0.6) is 0 Å². The first kappa shape index (κ1) is 18.6. The molecule has 0 N–H and O–H groups in total. The van der Waals surface area contributed by atoms with Crippen LogP contribution in [-0.4, -0.2) is 38.8 Å². The van der Waals surface area contributed by atoms with Crippen LogP contribution in [0.4, 0.5) is 5.69 Å². The quantitative estimate of drug-likeness (QED) is 0.782. The molecule has 1 aliphatic rings. The molecule has 0 unspecified atom stereocenters. The Morgan fingerprint density at radius 2 is 1.92 bits per heavy atom. The fraction of sp³-hybridized carbons (Fsp3) is 0.350. The Bertz CT molecular complexity index is 909. The highest BCUT2D eigenvalue weighted by Gasteiger charge is 2.27. The van der Waals surface area contributed by atoms with Crippen LogP contribution in [0.25, 0.3) is 0 Å². The topological polar surface area (TPSA) is 57.7 Å². The number of benzene rings is 2. The van der Waals surface area contributed by atoms with Gasteiger partial charge in [-0.25, -0.2) is 12.7 Å². The second-order valence-corrected chi connectivity index (χ2v) is 8.59. The lowest BCUT2D eigenvalue weighted by Crippen LogP contribution is -2.30. The molecule has 0 bridgehead atoms. The highest BCUT2D eigenvalue weighted by atomic mass is 32.2. The molecule has 0 aromatic heterocycles. The number of carbonyl (C=O) groups excluding carboxylic acids is 1. The molecule has 138 valence electrons. The monoisotopic (exact) mass is 372 g/mol. The highest BCUT2D eigenvalue weighted by molar-refractivity contribution is 7.89. The van der Waals surface area contributed by atoms with E-state index in [1.54, 1.807) is 30.1 Å². The largest absolute Gasteiger partial charge is 0.308 e. The number of hydrogen-bond donors (Lipinski definition) is 0. The maximum Gasteiger partial charge on any atom is 0.258 e. The average molecular weight is 372 g/mol. The minimum Gasteiger partial charge on any atom is -0.308 e. The number of para-hydroxylation sites is 1. The molecule has 26 heavy (non-hydrogen) atoms. The van der Waals surface area contributed by atoms with Crippen LogP contribution in [0.2, 0.25) is 0 Å². The van der Waals surface area contributed by atoms with Gasteiger partial charge in [-0.2, -0.15) is 0 Å². The summed E-state index contributed by atoms with van der Waals surface area (Å²) in [6, 6.07) is 14.2. The predicted molar refractivity (Wildman–Crippen MR) is 103 cm³/mol. The Morgan fingerprint density at radius 3 is 2.69 bits per heavy atom. The molecule has 5 nitrogen and oxygen atoms in total. The van der Waals surface area contributed by atoms with Crippen molar-refractivity contribution < 1.29 is 13.2 Å². The smallest absolute Gasteiger partial charge is 0.258 e. The maximum absolute atomic E-state index is 12.9. The van der Waals surface area contributed by atoms with Gasteiger partial charge < -0.3 is 4.90 Å². The van der Waals surface area contributed by atoms with Crippen LogP contribution >= 0.6 is 0 Å². The number of unbranched alkanes of at least 4 members (excludes halogenated alkanes) is 1. The summed E-state index contributed by atoms with van der Waals surface area (Å²) in [6.45, 7) is 3.11. The number of fused-ring (bicyclic) bond motifs is 1. The highest BCUT2D eigenvalue weighted by Crippen LogP contribution is 2.29. The summed E-state index contributed by atoms with van der Waals surface area (Å²) in [5.41, 5.74) is 2.45. The van der Waals surface area contributed by atoms with Crippen LogP contribution in [-0.2, 0) is 16.4 Å². The molecule has 0 fully saturated rings. The first-order valence-electron chi connectivity index (χ1n) is 8.91. The molecular formula is C20H24N2O3S. The predicted octanol–water partition coefficient (Wildman–Crippen LogP) is 3.31. The van der Waals surface area contributed by atoms with E-state index in [1.165, 1.54) is 10.4 Å². The van der Waals surface area contributed by atoms with E-state index < -0.39 is 10.0 Å². The number of nitrogens with zero attached hydrogens (tertiary/aromatic N) is 2. The number of anilines is 1. The Balaban J connectivity index is 1.87. The second-order valence-electron chi connectivity index (χ2n) is 6.54. The summed E-state index contributed by atoms with van der Waals surface area (Å²) in [5.74, 6) is -0.164. The van der Waals surface area contributed by atoms with Crippen LogP contribution < -0.4 is 4.90 Å². The molecule has 0 radical (unpaired) electrons. The van der Waals surface area contributed by atoms with Gasteiger partial charge >= 0.3 is 0 Å². The third-order valence-corrected chi connectivity index (χ3v) is 6.60. The third-order valence-electron chi connectivity index (χ3n) is 4.75. The summed E-state index contributed by atoms with van der Waals surface area (Å²) in [6.07, 6.45) is 2.55. The number of amides is 1. The van der Waals surface area contributed by atoms with Gasteiger partial charge in [-0.15, -0.1) is 0 Å². The molecule has 0 saturated heterocycles. The molecule has 2 aromatic rings. The van der Waals surface area contributed by atoms with Gasteiger partial charge in [0.15, 0.2) is 0 Å². The van der Waals surface area contributed by atoms with Crippen molar-refractivity contribution in [3.8, 4) is 0 Å². The summed E-state index contributed by atoms with van der Waals surface area (Å²) >= 11 is 0. The van der Waals surface area contributed by atoms with Gasteiger partial charge in [0.05, 0.1) is 4.90 Å². The van der Waals surface area contributed by atoms with E-state index in [-0.39, 0.29) is 10.8 Å². The van der Waals surface area contributed by atoms with Crippen LogP contribution in [0.3, 0.4) is 0 Å². The van der Waals surface area contributed by atoms with Crippen LogP contribution in [0.15, 0.2) is 53.4 Å². The Labute approximate surface area is 155 Å². The zero-order chi connectivity index (χ0) is 18.7. The molecular weight excluding hydrogens is 348 g/mol. The van der Waals surface area contributed by atoms with E-state index >= 15 is 0 Å². The summed E-state index contributed by atoms with van der Waals surface area (Å²) in [4.78, 5) is 14.8. The van der Waals surface area contributed by atoms with Gasteiger partial charge in [-0.1, -0.05) is 37.6 Å². The first-order valence-corrected chi connectivity index (χ1v) is 10.4. The summed E-state index contributed by atoms with van der Waals surface area (Å²) in [5, 5.41) is 0. The lowest BCUT2D eigenvalue weighted by atomic mass is 10.1. The van der Waals surface area contributed by atoms with Gasteiger partial charge in [0.25, 0.3) is 5.91 Å². The summed E-state index contributed by atoms with van der Waals surface area (Å²) < 4.78 is 26.8. The minimum absolute atomic E-state index is 0.162. The molecule has 0 aliphatic carbocycles. The van der Waals surface area contributed by atoms with E-state index in [9.17, 15) is 13.2 Å². The second kappa shape index (κ2) is 7.60. The van der Waals surface area contributed by atoms with Gasteiger partial charge in [0, 0.05) is 31.4 Å². The molecule has 1 aliphatic heterocycles. The average Bonchev–Trinajstić information content (AvgIpc) is 3.09. The molecule has 6 heteroatoms. The van der Waals surface area contributed by atoms with Crippen molar-refractivity contribution in [3.05, 3.63) is 59.7 Å². The number of hydrogen-bond acceptors (Lipinski definition) is 3. The zero-order valence-electron chi connectivity index (χ0n) is 15.2. The van der Waals surface area contributed by atoms with E-state index in [0.29, 0.717) is 18.7 Å². The lowest BCUT2D eigenvalue weighted by molar-refractivity contribution is 0.0989. The normalized spacial score (nSPS) is 13.9. The fourth-order valence-corrected chi connectivity index (χ4v) is 4.43. The molecule has 3 rings (SSSR count). The van der Waals surface area contributed by atoms with E-state index in [1.807, 2.05) is 31.2 Å². The molecule has 1 heterocycles. The van der Waals surface area contributed by atoms with Gasteiger partial charge in [0.2, 0.25) is 10.0 Å². The Kier molecular flexibility index (Phi) is 5.44. The Morgan fingerprint density at radius 1 is 1.15 bits per heavy atom. The van der Waals surface area contributed by atoms with Crippen molar-refractivity contribution in [2.24, 2.45) is 0 Å². The maximum atomic E-state index is 12.9. The van der Waals surface area contributed by atoms with Crippen LogP contribution in [0.1, 0.15) is 35.7 Å². The van der Waals surface area contributed by atoms with Crippen LogP contribution in [0, 0.1) is 0 Å². The van der Waals surface area contributed by atoms with Crippen molar-refractivity contribution in [2.75, 3.05) is 25.0 Å². The molecule has 0 spiro atoms. The standard InChI is InChI=1S/C20H24N2O3S/c1-3-4-13-21(2)26(24,25)18-10-7-9-17(15-18)20(23)22-14-12-16-8-5-6-11-19(16)22/h5-11,15H,3-4,12-14H2,1-2H3. The number of carbonyl (C=O) groups is 1. The van der Waals surface area contributed by atoms with Crippen molar-refractivity contribution in [1.82, 2.24) is 4.31 Å². The zero-order valence-corrected chi connectivity index (χ0v) is 16.0. The molecule has 1 amide bonds. The number of sulfonamides is 1. The molecule has 2 aromatic carbocycles. The van der Waals surface area contributed by atoms with Crippen molar-refractivity contribution in [1.29, 1.82) is 0 Å². The molecule has 0 saturated carbocycles. The van der Waals surface area contributed by atoms with Gasteiger partial charge in [-0.3, -0.25) is 4.79 Å². The lowest BCUT2D eigenvalue weighted by Gasteiger charge is -2.19.